The Kier molecular flexibility index (Phi) is 4.55. The van der Waals surface area contributed by atoms with E-state index in [4.69, 9.17) is 4.42 Å². The monoisotopic (exact) mass is 454 g/mol. The van der Waals surface area contributed by atoms with Gasteiger partial charge in [-0.25, -0.2) is 4.98 Å². The Hall–Kier alpha value is -4.41. The van der Waals surface area contributed by atoms with Crippen LogP contribution in [0, 0.1) is 0 Å². The predicted octanol–water partition coefficient (Wildman–Crippen LogP) is 3.83. The highest BCUT2D eigenvalue weighted by molar-refractivity contribution is 6.22. The van der Waals surface area contributed by atoms with Gasteiger partial charge in [0.05, 0.1) is 40.5 Å². The number of hydrogen-bond donors (Lipinski definition) is 2. The van der Waals surface area contributed by atoms with E-state index in [1.807, 2.05) is 0 Å². The first-order valence-corrected chi connectivity index (χ1v) is 9.61. The van der Waals surface area contributed by atoms with Crippen molar-refractivity contribution in [3.63, 3.8) is 0 Å². The number of alkyl halides is 3. The van der Waals surface area contributed by atoms with Gasteiger partial charge in [-0.1, -0.05) is 0 Å². The summed E-state index contributed by atoms with van der Waals surface area (Å²) in [4.78, 5) is 40.7. The van der Waals surface area contributed by atoms with Gasteiger partial charge in [0.1, 0.15) is 5.76 Å². The normalized spacial score (nSPS) is 13.3. The molecule has 1 aliphatic rings. The van der Waals surface area contributed by atoms with Crippen molar-refractivity contribution in [2.24, 2.45) is 0 Å². The quantitative estimate of drug-likeness (QED) is 0.456. The molecule has 5 rings (SSSR count). The van der Waals surface area contributed by atoms with Crippen LogP contribution in [0.1, 0.15) is 42.4 Å². The Morgan fingerprint density at radius 3 is 2.58 bits per heavy atom. The lowest BCUT2D eigenvalue weighted by Crippen LogP contribution is -2.20. The molecule has 0 unspecified atom stereocenters. The summed E-state index contributed by atoms with van der Waals surface area (Å²) in [6.45, 7) is 0.103. The first-order chi connectivity index (χ1) is 15.7. The number of nitrogens with zero attached hydrogens (tertiary/aromatic N) is 2. The van der Waals surface area contributed by atoms with Crippen molar-refractivity contribution in [2.45, 2.75) is 12.7 Å². The molecule has 2 aromatic carbocycles. The average Bonchev–Trinajstić information content (AvgIpc) is 3.47. The van der Waals surface area contributed by atoms with E-state index in [1.54, 1.807) is 12.1 Å². The molecule has 0 saturated heterocycles. The summed E-state index contributed by atoms with van der Waals surface area (Å²) in [6, 6.07) is 10.4. The van der Waals surface area contributed by atoms with Crippen molar-refractivity contribution in [3.05, 3.63) is 82.8 Å². The van der Waals surface area contributed by atoms with Gasteiger partial charge in [0.2, 0.25) is 5.95 Å². The summed E-state index contributed by atoms with van der Waals surface area (Å²) in [5.74, 6) is -1.33. The number of anilines is 1. The molecule has 0 atom stereocenters. The van der Waals surface area contributed by atoms with Crippen LogP contribution in [0.4, 0.5) is 19.1 Å². The molecule has 33 heavy (non-hydrogen) atoms. The van der Waals surface area contributed by atoms with Crippen LogP contribution >= 0.6 is 0 Å². The Labute approximate surface area is 183 Å². The van der Waals surface area contributed by atoms with Crippen molar-refractivity contribution in [1.29, 1.82) is 0 Å². The number of fused-ring (bicyclic) bond motifs is 2. The Bertz CT molecular complexity index is 1440. The molecule has 8 nitrogen and oxygen atoms in total. The molecule has 0 aliphatic carbocycles. The molecule has 166 valence electrons. The van der Waals surface area contributed by atoms with E-state index in [-0.39, 0.29) is 34.7 Å². The van der Waals surface area contributed by atoms with Crippen LogP contribution in [0.3, 0.4) is 0 Å². The molecule has 0 spiro atoms. The molecule has 0 saturated carbocycles. The number of carbonyl (C=O) groups is 3. The molecule has 0 bridgehead atoms. The SMILES string of the molecule is O=C(Nc1nc2cc(C(F)(F)F)ccc2n1Cc1ccco1)c1ccc2c(c1)C(=O)NC2=O. The average molecular weight is 454 g/mol. The van der Waals surface area contributed by atoms with Crippen LogP contribution in [0.5, 0.6) is 0 Å². The summed E-state index contributed by atoms with van der Waals surface area (Å²) >= 11 is 0. The molecule has 0 radical (unpaired) electrons. The Balaban J connectivity index is 1.54. The van der Waals surface area contributed by atoms with Crippen molar-refractivity contribution in [1.82, 2.24) is 14.9 Å². The van der Waals surface area contributed by atoms with Crippen LogP contribution in [0.15, 0.2) is 59.2 Å². The van der Waals surface area contributed by atoms with Crippen LogP contribution in [0.25, 0.3) is 11.0 Å². The van der Waals surface area contributed by atoms with E-state index in [2.05, 4.69) is 15.6 Å². The van der Waals surface area contributed by atoms with Crippen LogP contribution < -0.4 is 10.6 Å². The molecule has 2 aromatic heterocycles. The smallest absolute Gasteiger partial charge is 0.416 e. The molecular weight excluding hydrogens is 441 g/mol. The van der Waals surface area contributed by atoms with Crippen molar-refractivity contribution in [2.75, 3.05) is 5.32 Å². The zero-order valence-electron chi connectivity index (χ0n) is 16.6. The first kappa shape index (κ1) is 20.5. The number of aromatic nitrogens is 2. The minimum Gasteiger partial charge on any atom is -0.467 e. The van der Waals surface area contributed by atoms with Crippen LogP contribution in [-0.2, 0) is 12.7 Å². The van der Waals surface area contributed by atoms with Gasteiger partial charge >= 0.3 is 6.18 Å². The number of rotatable bonds is 4. The number of carbonyl (C=O) groups excluding carboxylic acids is 3. The number of imidazole rings is 1. The number of halogens is 3. The number of imide groups is 1. The highest BCUT2D eigenvalue weighted by atomic mass is 19.4. The summed E-state index contributed by atoms with van der Waals surface area (Å²) in [7, 11) is 0. The molecule has 0 fully saturated rings. The minimum absolute atomic E-state index is 0.00764. The molecule has 11 heteroatoms. The lowest BCUT2D eigenvalue weighted by molar-refractivity contribution is -0.137. The fourth-order valence-corrected chi connectivity index (χ4v) is 3.60. The van der Waals surface area contributed by atoms with Gasteiger partial charge in [-0.3, -0.25) is 25.0 Å². The second kappa shape index (κ2) is 7.33. The molecule has 1 aliphatic heterocycles. The van der Waals surface area contributed by atoms with Gasteiger partial charge in [0, 0.05) is 5.56 Å². The summed E-state index contributed by atoms with van der Waals surface area (Å²) in [5, 5.41) is 4.72. The van der Waals surface area contributed by atoms with E-state index < -0.39 is 29.5 Å². The van der Waals surface area contributed by atoms with Crippen LogP contribution in [0.2, 0.25) is 0 Å². The third-order valence-electron chi connectivity index (χ3n) is 5.19. The molecule has 3 heterocycles. The zero-order chi connectivity index (χ0) is 23.3. The summed E-state index contributed by atoms with van der Waals surface area (Å²) in [6.07, 6.45) is -3.10. The maximum absolute atomic E-state index is 13.2. The minimum atomic E-state index is -4.55. The lowest BCUT2D eigenvalue weighted by atomic mass is 10.1. The number of benzene rings is 2. The largest absolute Gasteiger partial charge is 0.467 e. The highest BCUT2D eigenvalue weighted by Crippen LogP contribution is 2.32. The molecule has 4 aromatic rings. The number of furan rings is 1. The van der Waals surface area contributed by atoms with Gasteiger partial charge < -0.3 is 8.98 Å². The third kappa shape index (κ3) is 3.63. The molecular formula is C22H13F3N4O4. The fraction of sp³-hybridized carbons (Fsp3) is 0.0909. The van der Waals surface area contributed by atoms with Gasteiger partial charge in [0.25, 0.3) is 17.7 Å². The maximum atomic E-state index is 13.2. The van der Waals surface area contributed by atoms with Crippen molar-refractivity contribution < 1.29 is 32.0 Å². The lowest BCUT2D eigenvalue weighted by Gasteiger charge is -2.10. The molecule has 2 N–H and O–H groups in total. The van der Waals surface area contributed by atoms with Gasteiger partial charge in [-0.05, 0) is 48.5 Å². The van der Waals surface area contributed by atoms with Crippen LogP contribution in [-0.4, -0.2) is 27.3 Å². The van der Waals surface area contributed by atoms with E-state index in [0.29, 0.717) is 11.3 Å². The van der Waals surface area contributed by atoms with E-state index in [9.17, 15) is 27.6 Å². The van der Waals surface area contributed by atoms with Gasteiger partial charge in [0.15, 0.2) is 0 Å². The van der Waals surface area contributed by atoms with E-state index in [0.717, 1.165) is 12.1 Å². The Morgan fingerprint density at radius 1 is 1.06 bits per heavy atom. The number of hydrogen-bond acceptors (Lipinski definition) is 5. The topological polar surface area (TPSA) is 106 Å². The second-order valence-electron chi connectivity index (χ2n) is 7.30. The second-order valence-corrected chi connectivity index (χ2v) is 7.30. The summed E-state index contributed by atoms with van der Waals surface area (Å²) < 4.78 is 46.3. The van der Waals surface area contributed by atoms with Crippen molar-refractivity contribution in [3.8, 4) is 0 Å². The third-order valence-corrected chi connectivity index (χ3v) is 5.19. The van der Waals surface area contributed by atoms with E-state index in [1.165, 1.54) is 35.1 Å². The van der Waals surface area contributed by atoms with Crippen molar-refractivity contribution >= 4 is 34.7 Å². The number of amides is 3. The standard InChI is InChI=1S/C22H13F3N4O4/c23-22(24,25)12-4-6-17-16(9-12)26-21(29(17)10-13-2-1-7-33-13)28-18(30)11-3-5-14-15(8-11)20(32)27-19(14)31/h1-9H,10H2,(H,26,28,30)(H,27,31,32). The first-order valence-electron chi connectivity index (χ1n) is 9.61. The maximum Gasteiger partial charge on any atom is 0.416 e. The highest BCUT2D eigenvalue weighted by Gasteiger charge is 2.31. The number of nitrogens with one attached hydrogen (secondary N) is 2. The predicted molar refractivity (Wildman–Crippen MR) is 109 cm³/mol. The zero-order valence-corrected chi connectivity index (χ0v) is 16.6. The van der Waals surface area contributed by atoms with E-state index >= 15 is 0 Å². The Morgan fingerprint density at radius 2 is 1.85 bits per heavy atom. The summed E-state index contributed by atoms with van der Waals surface area (Å²) in [5.41, 5.74) is -0.192. The fourth-order valence-electron chi connectivity index (χ4n) is 3.60. The molecule has 3 amide bonds. The van der Waals surface area contributed by atoms with Gasteiger partial charge in [-0.2, -0.15) is 13.2 Å². The van der Waals surface area contributed by atoms with Gasteiger partial charge in [-0.15, -0.1) is 0 Å².